The van der Waals surface area contributed by atoms with E-state index in [1.54, 1.807) is 0 Å². The van der Waals surface area contributed by atoms with Gasteiger partial charge in [0.25, 0.3) is 0 Å². The zero-order chi connectivity index (χ0) is 7.68. The number of aryl methyl sites for hydroxylation is 1. The average molecular weight is 142 g/mol. The Bertz CT molecular complexity index is 379. The van der Waals surface area contributed by atoms with Crippen molar-refractivity contribution < 1.29 is 0 Å². The molecule has 1 nitrogen and oxygen atoms in total. The summed E-state index contributed by atoms with van der Waals surface area (Å²) in [5, 5.41) is 1.16. The summed E-state index contributed by atoms with van der Waals surface area (Å²) in [6.45, 7) is 2.04. The second kappa shape index (κ2) is 2.35. The molecule has 53 valence electrons. The number of fused-ring (bicyclic) bond motifs is 1. The maximum Gasteiger partial charge on any atom is 0.0702 e. The first-order chi connectivity index (χ1) is 5.36. The lowest BCUT2D eigenvalue weighted by atomic mass is 10.2. The van der Waals surface area contributed by atoms with Crippen LogP contribution in [0.15, 0.2) is 30.5 Å². The van der Waals surface area contributed by atoms with Gasteiger partial charge in [-0.25, -0.2) is 0 Å². The molecule has 0 spiro atoms. The van der Waals surface area contributed by atoms with Gasteiger partial charge in [-0.2, -0.15) is 0 Å². The van der Waals surface area contributed by atoms with Crippen LogP contribution in [0.4, 0.5) is 0 Å². The molecule has 0 aliphatic rings. The zero-order valence-corrected chi connectivity index (χ0v) is 6.33. The summed E-state index contributed by atoms with van der Waals surface area (Å²) < 4.78 is 0. The van der Waals surface area contributed by atoms with Crippen LogP contribution in [0, 0.1) is 13.0 Å². The van der Waals surface area contributed by atoms with E-state index in [0.717, 1.165) is 10.9 Å². The molecule has 0 saturated heterocycles. The van der Waals surface area contributed by atoms with E-state index in [9.17, 15) is 0 Å². The number of aromatic nitrogens is 1. The molecule has 0 N–H and O–H groups in total. The summed E-state index contributed by atoms with van der Waals surface area (Å²) in [7, 11) is 0. The second-order valence-corrected chi connectivity index (χ2v) is 2.63. The van der Waals surface area contributed by atoms with Crippen molar-refractivity contribution in [1.29, 1.82) is 0 Å². The van der Waals surface area contributed by atoms with Gasteiger partial charge in [0.05, 0.1) is 5.52 Å². The Hall–Kier alpha value is -1.37. The van der Waals surface area contributed by atoms with Crippen LogP contribution in [0.25, 0.3) is 10.9 Å². The fourth-order valence-electron chi connectivity index (χ4n) is 1.12. The minimum atomic E-state index is 1.04. The summed E-state index contributed by atoms with van der Waals surface area (Å²) in [4.78, 5) is 4.26. The Morgan fingerprint density at radius 3 is 3.27 bits per heavy atom. The normalized spacial score (nSPS) is 10.3. The van der Waals surface area contributed by atoms with Crippen LogP contribution in [-0.2, 0) is 0 Å². The molecule has 0 aliphatic heterocycles. The Balaban J connectivity index is 2.83. The Morgan fingerprint density at radius 1 is 1.45 bits per heavy atom. The smallest absolute Gasteiger partial charge is 0.0702 e. The Morgan fingerprint density at radius 2 is 2.36 bits per heavy atom. The van der Waals surface area contributed by atoms with Crippen molar-refractivity contribution in [3.8, 4) is 0 Å². The van der Waals surface area contributed by atoms with E-state index < -0.39 is 0 Å². The maximum atomic E-state index is 4.26. The highest BCUT2D eigenvalue weighted by Crippen LogP contribution is 2.10. The van der Waals surface area contributed by atoms with Crippen molar-refractivity contribution in [1.82, 2.24) is 4.98 Å². The van der Waals surface area contributed by atoms with Gasteiger partial charge in [-0.3, -0.25) is 4.98 Å². The van der Waals surface area contributed by atoms with Crippen molar-refractivity contribution in [2.75, 3.05) is 0 Å². The molecule has 0 saturated carbocycles. The van der Waals surface area contributed by atoms with Crippen molar-refractivity contribution >= 4 is 10.9 Å². The second-order valence-electron chi connectivity index (χ2n) is 2.63. The zero-order valence-electron chi connectivity index (χ0n) is 6.33. The Kier molecular flexibility index (Phi) is 1.35. The van der Waals surface area contributed by atoms with Gasteiger partial charge >= 0.3 is 0 Å². The number of pyridine rings is 1. The van der Waals surface area contributed by atoms with Gasteiger partial charge in [0.1, 0.15) is 0 Å². The summed E-state index contributed by atoms with van der Waals surface area (Å²) in [5.74, 6) is 0. The molecule has 2 rings (SSSR count). The van der Waals surface area contributed by atoms with Crippen molar-refractivity contribution in [2.45, 2.75) is 6.92 Å². The number of nitrogens with zero attached hydrogens (tertiary/aromatic N) is 1. The highest BCUT2D eigenvalue weighted by Gasteiger charge is 1.91. The monoisotopic (exact) mass is 142 g/mol. The van der Waals surface area contributed by atoms with E-state index in [4.69, 9.17) is 0 Å². The highest BCUT2D eigenvalue weighted by atomic mass is 14.6. The van der Waals surface area contributed by atoms with Gasteiger partial charge in [-0.15, -0.1) is 0 Å². The molecule has 0 atom stereocenters. The predicted molar refractivity (Wildman–Crippen MR) is 45.3 cm³/mol. The molecule has 11 heavy (non-hydrogen) atoms. The SMILES string of the molecule is Cc1cnc2cc[c]cc2c1. The van der Waals surface area contributed by atoms with Crippen LogP contribution < -0.4 is 0 Å². The van der Waals surface area contributed by atoms with Gasteiger partial charge in [0, 0.05) is 11.6 Å². The molecular formula is C10H8N. The van der Waals surface area contributed by atoms with Crippen LogP contribution in [-0.4, -0.2) is 4.98 Å². The Labute approximate surface area is 65.7 Å². The number of hydrogen-bond acceptors (Lipinski definition) is 1. The van der Waals surface area contributed by atoms with E-state index in [2.05, 4.69) is 17.1 Å². The first-order valence-electron chi connectivity index (χ1n) is 3.59. The third kappa shape index (κ3) is 1.09. The quantitative estimate of drug-likeness (QED) is 0.550. The molecule has 0 unspecified atom stereocenters. The summed E-state index contributed by atoms with van der Waals surface area (Å²) in [5.41, 5.74) is 2.23. The standard InChI is InChI=1S/C10H8N/c1-8-6-9-4-2-3-5-10(9)11-7-8/h3-7H,1H3. The third-order valence-electron chi connectivity index (χ3n) is 1.66. The van der Waals surface area contributed by atoms with Crippen molar-refractivity contribution in [2.24, 2.45) is 0 Å². The number of hydrogen-bond donors (Lipinski definition) is 0. The number of rotatable bonds is 0. The molecule has 0 amide bonds. The third-order valence-corrected chi connectivity index (χ3v) is 1.66. The van der Waals surface area contributed by atoms with Crippen LogP contribution in [0.3, 0.4) is 0 Å². The molecule has 0 bridgehead atoms. The largest absolute Gasteiger partial charge is 0.256 e. The van der Waals surface area contributed by atoms with Gasteiger partial charge in [0.15, 0.2) is 0 Å². The average Bonchev–Trinajstić information content (AvgIpc) is 2.04. The molecule has 0 aliphatic carbocycles. The van der Waals surface area contributed by atoms with Gasteiger partial charge in [-0.1, -0.05) is 6.07 Å². The van der Waals surface area contributed by atoms with E-state index >= 15 is 0 Å². The molecule has 1 heterocycles. The molecule has 2 aromatic rings. The fourth-order valence-corrected chi connectivity index (χ4v) is 1.12. The minimum absolute atomic E-state index is 1.04. The van der Waals surface area contributed by atoms with Gasteiger partial charge < -0.3 is 0 Å². The molecule has 1 heteroatoms. The molecule has 1 radical (unpaired) electrons. The van der Waals surface area contributed by atoms with Crippen LogP contribution in [0.1, 0.15) is 5.56 Å². The molecule has 1 aromatic carbocycles. The summed E-state index contributed by atoms with van der Waals surface area (Å²) in [6, 6.07) is 10.9. The molecule has 0 fully saturated rings. The van der Waals surface area contributed by atoms with Crippen molar-refractivity contribution in [3.63, 3.8) is 0 Å². The van der Waals surface area contributed by atoms with Crippen LogP contribution in [0.2, 0.25) is 0 Å². The molecular weight excluding hydrogens is 134 g/mol. The van der Waals surface area contributed by atoms with E-state index in [1.165, 1.54) is 5.56 Å². The van der Waals surface area contributed by atoms with E-state index in [1.807, 2.05) is 31.3 Å². The first-order valence-corrected chi connectivity index (χ1v) is 3.59. The first kappa shape index (κ1) is 6.35. The van der Waals surface area contributed by atoms with E-state index in [-0.39, 0.29) is 0 Å². The highest BCUT2D eigenvalue weighted by molar-refractivity contribution is 5.78. The maximum absolute atomic E-state index is 4.26. The van der Waals surface area contributed by atoms with E-state index in [0.29, 0.717) is 0 Å². The lowest BCUT2D eigenvalue weighted by Crippen LogP contribution is -1.79. The number of benzene rings is 1. The predicted octanol–water partition coefficient (Wildman–Crippen LogP) is 2.34. The summed E-state index contributed by atoms with van der Waals surface area (Å²) in [6.07, 6.45) is 1.88. The van der Waals surface area contributed by atoms with Gasteiger partial charge in [-0.05, 0) is 36.8 Å². The lowest BCUT2D eigenvalue weighted by Gasteiger charge is -1.95. The van der Waals surface area contributed by atoms with Crippen LogP contribution >= 0.6 is 0 Å². The van der Waals surface area contributed by atoms with Crippen molar-refractivity contribution in [3.05, 3.63) is 42.1 Å². The van der Waals surface area contributed by atoms with Crippen LogP contribution in [0.5, 0.6) is 0 Å². The minimum Gasteiger partial charge on any atom is -0.256 e. The summed E-state index contributed by atoms with van der Waals surface area (Å²) >= 11 is 0. The lowest BCUT2D eigenvalue weighted by molar-refractivity contribution is 1.33. The fraction of sp³-hybridized carbons (Fsp3) is 0.100. The topological polar surface area (TPSA) is 12.9 Å². The molecule has 1 aromatic heterocycles. The van der Waals surface area contributed by atoms with Gasteiger partial charge in [0.2, 0.25) is 0 Å².